The Bertz CT molecular complexity index is 610. The molecular formula is C14H16N2O2. The van der Waals surface area contributed by atoms with Crippen molar-refractivity contribution < 1.29 is 9.84 Å². The molecule has 2 heterocycles. The zero-order valence-corrected chi connectivity index (χ0v) is 10.4. The van der Waals surface area contributed by atoms with Gasteiger partial charge < -0.3 is 15.6 Å². The molecule has 4 nitrogen and oxygen atoms in total. The Hall–Kier alpha value is -1.65. The van der Waals surface area contributed by atoms with E-state index in [-0.39, 0.29) is 0 Å². The predicted octanol–water partition coefficient (Wildman–Crippen LogP) is 1.77. The zero-order chi connectivity index (χ0) is 12.9. The van der Waals surface area contributed by atoms with Crippen molar-refractivity contribution >= 4 is 10.8 Å². The van der Waals surface area contributed by atoms with Gasteiger partial charge in [0, 0.05) is 23.3 Å². The van der Waals surface area contributed by atoms with Crippen LogP contribution in [0.5, 0.6) is 5.75 Å². The number of ether oxygens (including phenoxy) is 1. The molecule has 3 N–H and O–H groups in total. The third-order valence-corrected chi connectivity index (χ3v) is 3.55. The molecule has 0 fully saturated rings. The highest BCUT2D eigenvalue weighted by molar-refractivity contribution is 5.84. The monoisotopic (exact) mass is 244 g/mol. The molecule has 2 atom stereocenters. The third-order valence-electron chi connectivity index (χ3n) is 3.55. The number of pyridine rings is 1. The second kappa shape index (κ2) is 3.67. The number of rotatable bonds is 0. The predicted molar refractivity (Wildman–Crippen MR) is 69.4 cm³/mol. The summed E-state index contributed by atoms with van der Waals surface area (Å²) in [5, 5.41) is 12.2. The van der Waals surface area contributed by atoms with Gasteiger partial charge in [0.2, 0.25) is 0 Å². The summed E-state index contributed by atoms with van der Waals surface area (Å²) >= 11 is 0. The number of nitrogens with zero attached hydrogens (tertiary/aromatic N) is 1. The Morgan fingerprint density at radius 3 is 2.89 bits per heavy atom. The van der Waals surface area contributed by atoms with Gasteiger partial charge in [-0.2, -0.15) is 0 Å². The third kappa shape index (κ3) is 1.57. The lowest BCUT2D eigenvalue weighted by Gasteiger charge is -2.40. The topological polar surface area (TPSA) is 68.4 Å². The van der Waals surface area contributed by atoms with Gasteiger partial charge in [-0.05, 0) is 37.4 Å². The van der Waals surface area contributed by atoms with Crippen LogP contribution in [0.15, 0.2) is 30.6 Å². The van der Waals surface area contributed by atoms with Gasteiger partial charge in [0.25, 0.3) is 0 Å². The quantitative estimate of drug-likeness (QED) is 0.741. The van der Waals surface area contributed by atoms with E-state index in [2.05, 4.69) is 4.98 Å². The summed E-state index contributed by atoms with van der Waals surface area (Å²) in [7, 11) is 0. The number of fused-ring (bicyclic) bond motifs is 2. The molecule has 0 amide bonds. The minimum atomic E-state index is -0.723. The van der Waals surface area contributed by atoms with Crippen molar-refractivity contribution in [2.24, 2.45) is 5.73 Å². The maximum absolute atomic E-state index is 10.2. The van der Waals surface area contributed by atoms with E-state index in [4.69, 9.17) is 10.5 Å². The number of aliphatic hydroxyl groups is 1. The van der Waals surface area contributed by atoms with Crippen molar-refractivity contribution in [2.45, 2.75) is 31.6 Å². The van der Waals surface area contributed by atoms with Crippen molar-refractivity contribution in [3.05, 3.63) is 36.2 Å². The van der Waals surface area contributed by atoms with Crippen LogP contribution in [-0.2, 0) is 0 Å². The van der Waals surface area contributed by atoms with Crippen LogP contribution in [0, 0.1) is 0 Å². The van der Waals surface area contributed by atoms with Gasteiger partial charge in [-0.15, -0.1) is 0 Å². The number of nitrogens with two attached hydrogens (primary N) is 1. The lowest BCUT2D eigenvalue weighted by molar-refractivity contribution is -0.0570. The van der Waals surface area contributed by atoms with Gasteiger partial charge in [0.05, 0.1) is 6.04 Å². The first-order chi connectivity index (χ1) is 8.49. The summed E-state index contributed by atoms with van der Waals surface area (Å²) in [6, 6.07) is 5.40. The van der Waals surface area contributed by atoms with Crippen molar-refractivity contribution in [2.75, 3.05) is 0 Å². The van der Waals surface area contributed by atoms with E-state index in [1.807, 2.05) is 32.0 Å². The minimum Gasteiger partial charge on any atom is -0.485 e. The number of aliphatic hydroxyl groups excluding tert-OH is 1. The molecule has 3 rings (SSSR count). The first-order valence-electron chi connectivity index (χ1n) is 5.99. The van der Waals surface area contributed by atoms with E-state index in [0.29, 0.717) is 0 Å². The second-order valence-electron chi connectivity index (χ2n) is 5.29. The summed E-state index contributed by atoms with van der Waals surface area (Å²) in [4.78, 5) is 4.09. The number of aromatic nitrogens is 1. The number of hydrogen-bond acceptors (Lipinski definition) is 4. The summed E-state index contributed by atoms with van der Waals surface area (Å²) < 4.78 is 5.86. The molecule has 0 radical (unpaired) electrons. The first kappa shape index (κ1) is 11.4. The molecule has 1 aromatic heterocycles. The summed E-state index contributed by atoms with van der Waals surface area (Å²) in [6.07, 6.45) is 2.81. The van der Waals surface area contributed by atoms with Crippen LogP contribution in [0.1, 0.15) is 25.5 Å². The average Bonchev–Trinajstić information content (AvgIpc) is 2.34. The first-order valence-corrected chi connectivity index (χ1v) is 5.99. The lowest BCUT2D eigenvalue weighted by atomic mass is 9.86. The molecule has 4 heteroatoms. The van der Waals surface area contributed by atoms with Crippen LogP contribution in [-0.4, -0.2) is 21.8 Å². The van der Waals surface area contributed by atoms with Gasteiger partial charge in [-0.3, -0.25) is 4.98 Å². The molecule has 2 aromatic rings. The summed E-state index contributed by atoms with van der Waals surface area (Å²) in [5.74, 6) is 0.747. The molecule has 1 aromatic carbocycles. The van der Waals surface area contributed by atoms with E-state index in [1.54, 1.807) is 12.4 Å². The van der Waals surface area contributed by atoms with Crippen molar-refractivity contribution in [3.8, 4) is 5.75 Å². The standard InChI is InChI=1S/C14H16N2O2/c1-14(2)13(17)12(15)10-5-9-7-16-4-3-8(9)6-11(10)18-14/h3-7,12-13,17H,15H2,1-2H3. The second-order valence-corrected chi connectivity index (χ2v) is 5.29. The van der Waals surface area contributed by atoms with E-state index in [1.165, 1.54) is 0 Å². The Morgan fingerprint density at radius 2 is 2.11 bits per heavy atom. The highest BCUT2D eigenvalue weighted by Gasteiger charge is 2.41. The largest absolute Gasteiger partial charge is 0.485 e. The SMILES string of the molecule is CC1(C)Oc2cc3ccncc3cc2C(N)C1O. The van der Waals surface area contributed by atoms with Crippen LogP contribution >= 0.6 is 0 Å². The van der Waals surface area contributed by atoms with Crippen molar-refractivity contribution in [1.29, 1.82) is 0 Å². The van der Waals surface area contributed by atoms with Gasteiger partial charge in [-0.1, -0.05) is 0 Å². The molecular weight excluding hydrogens is 228 g/mol. The molecule has 1 aliphatic rings. The molecule has 0 bridgehead atoms. The maximum Gasteiger partial charge on any atom is 0.131 e. The zero-order valence-electron chi connectivity index (χ0n) is 10.4. The Balaban J connectivity index is 2.22. The number of benzene rings is 1. The van der Waals surface area contributed by atoms with Crippen LogP contribution < -0.4 is 10.5 Å². The Labute approximate surface area is 105 Å². The molecule has 0 saturated carbocycles. The number of hydrogen-bond donors (Lipinski definition) is 2. The van der Waals surface area contributed by atoms with Gasteiger partial charge >= 0.3 is 0 Å². The average molecular weight is 244 g/mol. The van der Waals surface area contributed by atoms with Gasteiger partial charge in [0.1, 0.15) is 17.5 Å². The molecule has 0 spiro atoms. The normalized spacial score (nSPS) is 25.6. The van der Waals surface area contributed by atoms with Crippen molar-refractivity contribution in [1.82, 2.24) is 4.98 Å². The van der Waals surface area contributed by atoms with Gasteiger partial charge in [-0.25, -0.2) is 0 Å². The van der Waals surface area contributed by atoms with Gasteiger partial charge in [0.15, 0.2) is 0 Å². The molecule has 18 heavy (non-hydrogen) atoms. The van der Waals surface area contributed by atoms with E-state index < -0.39 is 17.7 Å². The fourth-order valence-corrected chi connectivity index (χ4v) is 2.43. The highest BCUT2D eigenvalue weighted by atomic mass is 16.5. The van der Waals surface area contributed by atoms with E-state index in [0.717, 1.165) is 22.1 Å². The van der Waals surface area contributed by atoms with Crippen LogP contribution in [0.25, 0.3) is 10.8 Å². The van der Waals surface area contributed by atoms with Crippen LogP contribution in [0.2, 0.25) is 0 Å². The fraction of sp³-hybridized carbons (Fsp3) is 0.357. The Morgan fingerprint density at radius 1 is 1.33 bits per heavy atom. The van der Waals surface area contributed by atoms with Crippen LogP contribution in [0.3, 0.4) is 0 Å². The molecule has 0 saturated heterocycles. The molecule has 0 aliphatic carbocycles. The smallest absolute Gasteiger partial charge is 0.131 e. The van der Waals surface area contributed by atoms with E-state index >= 15 is 0 Å². The van der Waals surface area contributed by atoms with Crippen LogP contribution in [0.4, 0.5) is 0 Å². The summed E-state index contributed by atoms with van der Waals surface area (Å²) in [6.45, 7) is 3.69. The maximum atomic E-state index is 10.2. The highest BCUT2D eigenvalue weighted by Crippen LogP contribution is 2.40. The lowest BCUT2D eigenvalue weighted by Crippen LogP contribution is -2.51. The van der Waals surface area contributed by atoms with Crippen molar-refractivity contribution in [3.63, 3.8) is 0 Å². The Kier molecular flexibility index (Phi) is 2.33. The fourth-order valence-electron chi connectivity index (χ4n) is 2.43. The minimum absolute atomic E-state index is 0.437. The molecule has 1 aliphatic heterocycles. The molecule has 94 valence electrons. The molecule has 2 unspecified atom stereocenters. The summed E-state index contributed by atoms with van der Waals surface area (Å²) in [5.41, 5.74) is 6.27. The van der Waals surface area contributed by atoms with E-state index in [9.17, 15) is 5.11 Å².